The highest BCUT2D eigenvalue weighted by molar-refractivity contribution is 6.00. The molecule has 0 aliphatic carbocycles. The molecule has 0 bridgehead atoms. The molecule has 0 fully saturated rings. The van der Waals surface area contributed by atoms with E-state index in [1.165, 1.54) is 5.56 Å². The number of amides is 1. The second-order valence-electron chi connectivity index (χ2n) is 4.40. The highest BCUT2D eigenvalue weighted by atomic mass is 16.2. The van der Waals surface area contributed by atoms with Gasteiger partial charge < -0.3 is 0 Å². The van der Waals surface area contributed by atoms with E-state index < -0.39 is 0 Å². The zero-order valence-electron chi connectivity index (χ0n) is 11.6. The van der Waals surface area contributed by atoms with E-state index in [0.29, 0.717) is 5.69 Å². The second-order valence-corrected chi connectivity index (χ2v) is 4.40. The second kappa shape index (κ2) is 6.61. The fourth-order valence-electron chi connectivity index (χ4n) is 1.74. The Bertz CT molecular complexity index is 603. The largest absolute Gasteiger partial charge is 0.289 e. The van der Waals surface area contributed by atoms with Crippen LogP contribution < -0.4 is 5.43 Å². The van der Waals surface area contributed by atoms with Crippen LogP contribution in [0.15, 0.2) is 53.8 Å². The molecule has 0 spiro atoms. The summed E-state index contributed by atoms with van der Waals surface area (Å²) in [5.41, 5.74) is 5.89. The molecular formula is C16H17N3O. The summed E-state index contributed by atoms with van der Waals surface area (Å²) >= 11 is 0. The van der Waals surface area contributed by atoms with Crippen molar-refractivity contribution in [3.05, 3.63) is 65.5 Å². The molecule has 20 heavy (non-hydrogen) atoms. The van der Waals surface area contributed by atoms with E-state index in [0.717, 1.165) is 17.7 Å². The van der Waals surface area contributed by atoms with Crippen LogP contribution >= 0.6 is 0 Å². The van der Waals surface area contributed by atoms with Gasteiger partial charge in [0, 0.05) is 6.20 Å². The molecule has 1 amide bonds. The van der Waals surface area contributed by atoms with Gasteiger partial charge in [0.05, 0.1) is 5.71 Å². The lowest BCUT2D eigenvalue weighted by Crippen LogP contribution is -2.20. The van der Waals surface area contributed by atoms with Crippen LogP contribution in [-0.4, -0.2) is 16.6 Å². The van der Waals surface area contributed by atoms with Crippen molar-refractivity contribution in [2.45, 2.75) is 20.3 Å². The number of nitrogens with zero attached hydrogens (tertiary/aromatic N) is 2. The summed E-state index contributed by atoms with van der Waals surface area (Å²) < 4.78 is 0. The maximum absolute atomic E-state index is 11.8. The maximum Gasteiger partial charge on any atom is 0.289 e. The standard InChI is InChI=1S/C16H17N3O/c1-3-13-7-9-14(10-8-13)12(2)18-19-16(20)15-6-4-5-11-17-15/h4-11H,3H2,1-2H3,(H,19,20)/b18-12-. The molecule has 4 nitrogen and oxygen atoms in total. The fourth-order valence-corrected chi connectivity index (χ4v) is 1.74. The van der Waals surface area contributed by atoms with Crippen molar-refractivity contribution < 1.29 is 4.79 Å². The summed E-state index contributed by atoms with van der Waals surface area (Å²) in [4.78, 5) is 15.8. The normalized spacial score (nSPS) is 11.2. The third-order valence-corrected chi connectivity index (χ3v) is 3.00. The Hall–Kier alpha value is -2.49. The number of pyridine rings is 1. The molecule has 1 aromatic heterocycles. The molecule has 0 saturated carbocycles. The maximum atomic E-state index is 11.8. The molecule has 0 unspecified atom stereocenters. The number of aryl methyl sites for hydroxylation is 1. The number of hydrogen-bond acceptors (Lipinski definition) is 3. The molecule has 102 valence electrons. The van der Waals surface area contributed by atoms with Crippen molar-refractivity contribution >= 4 is 11.6 Å². The molecule has 2 rings (SSSR count). The summed E-state index contributed by atoms with van der Waals surface area (Å²) in [6, 6.07) is 13.3. The van der Waals surface area contributed by atoms with Gasteiger partial charge in [0.1, 0.15) is 5.69 Å². The van der Waals surface area contributed by atoms with E-state index in [2.05, 4.69) is 34.6 Å². The van der Waals surface area contributed by atoms with Gasteiger partial charge in [-0.25, -0.2) is 5.43 Å². The van der Waals surface area contributed by atoms with E-state index in [9.17, 15) is 4.79 Å². The summed E-state index contributed by atoms with van der Waals surface area (Å²) in [7, 11) is 0. The van der Waals surface area contributed by atoms with E-state index in [1.54, 1.807) is 24.4 Å². The minimum atomic E-state index is -0.310. The number of nitrogens with one attached hydrogen (secondary N) is 1. The summed E-state index contributed by atoms with van der Waals surface area (Å²) in [6.45, 7) is 3.97. The number of carbonyl (C=O) groups is 1. The minimum Gasteiger partial charge on any atom is -0.266 e. The number of benzene rings is 1. The number of rotatable bonds is 4. The highest BCUT2D eigenvalue weighted by Crippen LogP contribution is 2.06. The lowest BCUT2D eigenvalue weighted by atomic mass is 10.1. The van der Waals surface area contributed by atoms with Crippen LogP contribution in [-0.2, 0) is 6.42 Å². The van der Waals surface area contributed by atoms with Crippen molar-refractivity contribution in [1.82, 2.24) is 10.4 Å². The Morgan fingerprint density at radius 1 is 1.20 bits per heavy atom. The summed E-state index contributed by atoms with van der Waals surface area (Å²) in [5.74, 6) is -0.310. The van der Waals surface area contributed by atoms with Gasteiger partial charge in [-0.05, 0) is 36.6 Å². The van der Waals surface area contributed by atoms with E-state index in [1.807, 2.05) is 19.1 Å². The van der Waals surface area contributed by atoms with E-state index >= 15 is 0 Å². The number of carbonyl (C=O) groups excluding carboxylic acids is 1. The zero-order chi connectivity index (χ0) is 14.4. The number of hydrogen-bond donors (Lipinski definition) is 1. The van der Waals surface area contributed by atoms with Crippen molar-refractivity contribution in [1.29, 1.82) is 0 Å². The zero-order valence-corrected chi connectivity index (χ0v) is 11.6. The van der Waals surface area contributed by atoms with Crippen molar-refractivity contribution in [3.63, 3.8) is 0 Å². The van der Waals surface area contributed by atoms with Crippen LogP contribution in [0, 0.1) is 0 Å². The van der Waals surface area contributed by atoms with Gasteiger partial charge in [-0.2, -0.15) is 5.10 Å². The quantitative estimate of drug-likeness (QED) is 0.684. The molecule has 4 heteroatoms. The first-order chi connectivity index (χ1) is 9.70. The van der Waals surface area contributed by atoms with Crippen LogP contribution in [0.3, 0.4) is 0 Å². The predicted molar refractivity (Wildman–Crippen MR) is 79.7 cm³/mol. The Labute approximate surface area is 118 Å². The van der Waals surface area contributed by atoms with Crippen LogP contribution in [0.1, 0.15) is 35.5 Å². The Kier molecular flexibility index (Phi) is 4.60. The van der Waals surface area contributed by atoms with Crippen molar-refractivity contribution in [2.24, 2.45) is 5.10 Å². The average Bonchev–Trinajstić information content (AvgIpc) is 2.53. The minimum absolute atomic E-state index is 0.310. The summed E-state index contributed by atoms with van der Waals surface area (Å²) in [6.07, 6.45) is 2.59. The van der Waals surface area contributed by atoms with Gasteiger partial charge in [0.2, 0.25) is 0 Å². The SMILES string of the molecule is CCc1ccc(/C(C)=N\NC(=O)c2ccccn2)cc1. The highest BCUT2D eigenvalue weighted by Gasteiger charge is 2.05. The molecule has 0 atom stereocenters. The van der Waals surface area contributed by atoms with Crippen LogP contribution in [0.25, 0.3) is 0 Å². The van der Waals surface area contributed by atoms with Crippen LogP contribution in [0.4, 0.5) is 0 Å². The lowest BCUT2D eigenvalue weighted by Gasteiger charge is -2.03. The smallest absolute Gasteiger partial charge is 0.266 e. The molecule has 0 saturated heterocycles. The Balaban J connectivity index is 2.05. The first-order valence-electron chi connectivity index (χ1n) is 6.55. The topological polar surface area (TPSA) is 54.4 Å². The van der Waals surface area contributed by atoms with Gasteiger partial charge in [0.15, 0.2) is 0 Å². The molecule has 0 aliphatic heterocycles. The van der Waals surface area contributed by atoms with Crippen LogP contribution in [0.5, 0.6) is 0 Å². The molecule has 2 aromatic rings. The molecule has 0 aliphatic rings. The Morgan fingerprint density at radius 3 is 2.55 bits per heavy atom. The van der Waals surface area contributed by atoms with E-state index in [4.69, 9.17) is 0 Å². The van der Waals surface area contributed by atoms with Gasteiger partial charge in [-0.3, -0.25) is 9.78 Å². The number of hydrazone groups is 1. The van der Waals surface area contributed by atoms with Gasteiger partial charge >= 0.3 is 0 Å². The Morgan fingerprint density at radius 2 is 1.95 bits per heavy atom. The molecule has 1 N–H and O–H groups in total. The third-order valence-electron chi connectivity index (χ3n) is 3.00. The third kappa shape index (κ3) is 3.51. The monoisotopic (exact) mass is 267 g/mol. The first-order valence-corrected chi connectivity index (χ1v) is 6.55. The number of aromatic nitrogens is 1. The molecule has 1 aromatic carbocycles. The molecule has 1 heterocycles. The van der Waals surface area contributed by atoms with Crippen molar-refractivity contribution in [2.75, 3.05) is 0 Å². The molecule has 0 radical (unpaired) electrons. The van der Waals surface area contributed by atoms with Gasteiger partial charge in [-0.1, -0.05) is 37.3 Å². The van der Waals surface area contributed by atoms with Gasteiger partial charge in [0.25, 0.3) is 5.91 Å². The van der Waals surface area contributed by atoms with Gasteiger partial charge in [-0.15, -0.1) is 0 Å². The predicted octanol–water partition coefficient (Wildman–Crippen LogP) is 2.80. The van der Waals surface area contributed by atoms with E-state index in [-0.39, 0.29) is 5.91 Å². The molecular weight excluding hydrogens is 250 g/mol. The lowest BCUT2D eigenvalue weighted by molar-refractivity contribution is 0.0950. The summed E-state index contributed by atoms with van der Waals surface area (Å²) in [5, 5.41) is 4.10. The fraction of sp³-hybridized carbons (Fsp3) is 0.188. The average molecular weight is 267 g/mol. The van der Waals surface area contributed by atoms with Crippen LogP contribution in [0.2, 0.25) is 0 Å². The van der Waals surface area contributed by atoms with Crippen molar-refractivity contribution in [3.8, 4) is 0 Å². The first kappa shape index (κ1) is 13.9.